The molecule has 0 aliphatic carbocycles. The topological polar surface area (TPSA) is 41.0 Å². The van der Waals surface area contributed by atoms with Gasteiger partial charge < -0.3 is 9.99 Å². The van der Waals surface area contributed by atoms with Crippen molar-refractivity contribution in [2.24, 2.45) is 0 Å². The Bertz CT molecular complexity index is 697. The number of aromatic nitrogens is 2. The van der Waals surface area contributed by atoms with Gasteiger partial charge >= 0.3 is 0 Å². The Morgan fingerprint density at radius 2 is 1.82 bits per heavy atom. The third-order valence-corrected chi connectivity index (χ3v) is 3.17. The van der Waals surface area contributed by atoms with Crippen molar-refractivity contribution < 1.29 is 0 Å². The van der Waals surface area contributed by atoms with Crippen LogP contribution in [0.25, 0.3) is 10.9 Å². The second-order valence-electron chi connectivity index (χ2n) is 4.38. The first-order valence-corrected chi connectivity index (χ1v) is 5.76. The molecule has 0 saturated heterocycles. The van der Waals surface area contributed by atoms with Gasteiger partial charge in [-0.3, -0.25) is 4.79 Å². The lowest BCUT2D eigenvalue weighted by atomic mass is 10.1. The van der Waals surface area contributed by atoms with Gasteiger partial charge in [0, 0.05) is 14.1 Å². The van der Waals surface area contributed by atoms with E-state index in [1.807, 2.05) is 26.0 Å². The van der Waals surface area contributed by atoms with E-state index in [-0.39, 0.29) is 5.56 Å². The molecule has 1 aromatic carbocycles. The van der Waals surface area contributed by atoms with E-state index < -0.39 is 0 Å². The maximum absolute atomic E-state index is 12.3. The van der Waals surface area contributed by atoms with Crippen molar-refractivity contribution in [1.29, 1.82) is 0 Å². The van der Waals surface area contributed by atoms with Gasteiger partial charge in [-0.15, -0.1) is 0 Å². The Kier molecular flexibility index (Phi) is 2.79. The van der Waals surface area contributed by atoms with Crippen molar-refractivity contribution in [2.75, 3.05) is 19.1 Å². The SMILES string of the molecule is Cc1cc2[nH]c(=S)n(N(C)C)c(=O)c2cc1C. The van der Waals surface area contributed by atoms with E-state index in [1.54, 1.807) is 19.1 Å². The van der Waals surface area contributed by atoms with Crippen molar-refractivity contribution in [3.05, 3.63) is 38.4 Å². The van der Waals surface area contributed by atoms with Crippen molar-refractivity contribution in [3.63, 3.8) is 0 Å². The number of nitrogens with zero attached hydrogens (tertiary/aromatic N) is 2. The van der Waals surface area contributed by atoms with Crippen molar-refractivity contribution in [3.8, 4) is 0 Å². The van der Waals surface area contributed by atoms with Gasteiger partial charge in [0.05, 0.1) is 10.9 Å². The van der Waals surface area contributed by atoms with Gasteiger partial charge in [-0.25, -0.2) is 0 Å². The minimum absolute atomic E-state index is 0.0862. The number of benzene rings is 1. The van der Waals surface area contributed by atoms with Crippen LogP contribution in [-0.2, 0) is 0 Å². The lowest BCUT2D eigenvalue weighted by Crippen LogP contribution is -2.37. The fraction of sp³-hybridized carbons (Fsp3) is 0.333. The molecule has 0 aliphatic rings. The van der Waals surface area contributed by atoms with E-state index in [0.29, 0.717) is 10.2 Å². The summed E-state index contributed by atoms with van der Waals surface area (Å²) in [6.45, 7) is 4.01. The predicted molar refractivity (Wildman–Crippen MR) is 72.9 cm³/mol. The molecular formula is C12H15N3OS. The number of fused-ring (bicyclic) bond motifs is 1. The van der Waals surface area contributed by atoms with Crippen LogP contribution in [0, 0.1) is 18.6 Å². The van der Waals surface area contributed by atoms with Crippen LogP contribution in [0.1, 0.15) is 11.1 Å². The monoisotopic (exact) mass is 249 g/mol. The maximum Gasteiger partial charge on any atom is 0.280 e. The highest BCUT2D eigenvalue weighted by Crippen LogP contribution is 2.14. The Morgan fingerprint density at radius 1 is 1.24 bits per heavy atom. The lowest BCUT2D eigenvalue weighted by molar-refractivity contribution is 0.680. The molecule has 5 heteroatoms. The molecule has 0 fully saturated rings. The summed E-state index contributed by atoms with van der Waals surface area (Å²) >= 11 is 5.19. The third kappa shape index (κ3) is 1.86. The molecule has 0 radical (unpaired) electrons. The maximum atomic E-state index is 12.3. The van der Waals surface area contributed by atoms with Gasteiger partial charge in [0.2, 0.25) is 0 Å². The van der Waals surface area contributed by atoms with Gasteiger partial charge in [0.25, 0.3) is 5.56 Å². The smallest absolute Gasteiger partial charge is 0.280 e. The average Bonchev–Trinajstić information content (AvgIpc) is 2.21. The first kappa shape index (κ1) is 11.9. The van der Waals surface area contributed by atoms with Gasteiger partial charge in [-0.05, 0) is 49.3 Å². The third-order valence-electron chi connectivity index (χ3n) is 2.89. The summed E-state index contributed by atoms with van der Waals surface area (Å²) in [4.78, 5) is 15.4. The molecule has 2 rings (SSSR count). The average molecular weight is 249 g/mol. The Balaban J connectivity index is 2.98. The van der Waals surface area contributed by atoms with Crippen LogP contribution in [0.15, 0.2) is 16.9 Å². The molecule has 0 atom stereocenters. The zero-order valence-corrected chi connectivity index (χ0v) is 11.2. The number of aromatic amines is 1. The molecule has 4 nitrogen and oxygen atoms in total. The predicted octanol–water partition coefficient (Wildman–Crippen LogP) is 1.87. The van der Waals surface area contributed by atoms with E-state index in [2.05, 4.69) is 4.98 Å². The van der Waals surface area contributed by atoms with E-state index in [9.17, 15) is 4.79 Å². The number of H-pyrrole nitrogens is 1. The zero-order chi connectivity index (χ0) is 12.7. The van der Waals surface area contributed by atoms with Gasteiger partial charge in [0.15, 0.2) is 4.77 Å². The highest BCUT2D eigenvalue weighted by molar-refractivity contribution is 7.71. The highest BCUT2D eigenvalue weighted by atomic mass is 32.1. The molecule has 0 unspecified atom stereocenters. The summed E-state index contributed by atoms with van der Waals surface area (Å²) < 4.78 is 1.86. The number of hydrogen-bond acceptors (Lipinski definition) is 3. The molecule has 1 heterocycles. The molecule has 0 amide bonds. The standard InChI is InChI=1S/C12H15N3OS/c1-7-5-9-10(6-8(7)2)13-12(17)15(11(9)16)14(3)4/h5-6H,1-4H3,(H,13,17). The van der Waals surface area contributed by atoms with Crippen LogP contribution in [0.2, 0.25) is 0 Å². The Hall–Kier alpha value is -1.62. The molecule has 1 N–H and O–H groups in total. The second-order valence-corrected chi connectivity index (χ2v) is 4.76. The van der Waals surface area contributed by atoms with Crippen LogP contribution in [-0.4, -0.2) is 23.8 Å². The van der Waals surface area contributed by atoms with Gasteiger partial charge in [0.1, 0.15) is 0 Å². The summed E-state index contributed by atoms with van der Waals surface area (Å²) in [6.07, 6.45) is 0. The lowest BCUT2D eigenvalue weighted by Gasteiger charge is -2.16. The second kappa shape index (κ2) is 4.00. The fourth-order valence-electron chi connectivity index (χ4n) is 1.83. The van der Waals surface area contributed by atoms with Crippen LogP contribution in [0.4, 0.5) is 0 Å². The summed E-state index contributed by atoms with van der Waals surface area (Å²) in [6, 6.07) is 3.86. The van der Waals surface area contributed by atoms with E-state index in [4.69, 9.17) is 12.2 Å². The van der Waals surface area contributed by atoms with Crippen LogP contribution < -0.4 is 10.6 Å². The van der Waals surface area contributed by atoms with E-state index in [1.165, 1.54) is 4.68 Å². The number of nitrogens with one attached hydrogen (secondary N) is 1. The first-order chi connectivity index (χ1) is 7.91. The minimum Gasteiger partial charge on any atom is -0.330 e. The number of rotatable bonds is 1. The normalized spacial score (nSPS) is 10.8. The van der Waals surface area contributed by atoms with Crippen molar-refractivity contribution >= 4 is 23.1 Å². The Labute approximate surface area is 104 Å². The first-order valence-electron chi connectivity index (χ1n) is 5.35. The zero-order valence-electron chi connectivity index (χ0n) is 10.4. The van der Waals surface area contributed by atoms with Crippen molar-refractivity contribution in [1.82, 2.24) is 9.66 Å². The van der Waals surface area contributed by atoms with Gasteiger partial charge in [-0.1, -0.05) is 0 Å². The van der Waals surface area contributed by atoms with Crippen molar-refractivity contribution in [2.45, 2.75) is 13.8 Å². The van der Waals surface area contributed by atoms with Crippen LogP contribution in [0.3, 0.4) is 0 Å². The summed E-state index contributed by atoms with van der Waals surface area (Å²) in [7, 11) is 3.58. The van der Waals surface area contributed by atoms with E-state index in [0.717, 1.165) is 16.6 Å². The Morgan fingerprint density at radius 3 is 2.41 bits per heavy atom. The van der Waals surface area contributed by atoms with Crippen LogP contribution >= 0.6 is 12.2 Å². The summed E-state index contributed by atoms with van der Waals surface area (Å²) in [5.74, 6) is 0. The molecule has 0 spiro atoms. The largest absolute Gasteiger partial charge is 0.330 e. The summed E-state index contributed by atoms with van der Waals surface area (Å²) in [5, 5.41) is 2.34. The highest BCUT2D eigenvalue weighted by Gasteiger charge is 2.08. The molecular weight excluding hydrogens is 234 g/mol. The quantitative estimate of drug-likeness (QED) is 0.784. The van der Waals surface area contributed by atoms with Gasteiger partial charge in [-0.2, -0.15) is 4.68 Å². The number of aryl methyl sites for hydroxylation is 2. The summed E-state index contributed by atoms with van der Waals surface area (Å²) in [5.41, 5.74) is 2.95. The molecule has 0 bridgehead atoms. The number of hydrogen-bond donors (Lipinski definition) is 1. The molecule has 0 aliphatic heterocycles. The molecule has 2 aromatic rings. The molecule has 0 saturated carbocycles. The molecule has 1 aromatic heterocycles. The molecule has 17 heavy (non-hydrogen) atoms. The van der Waals surface area contributed by atoms with E-state index >= 15 is 0 Å². The van der Waals surface area contributed by atoms with Crippen LogP contribution in [0.5, 0.6) is 0 Å². The molecule has 90 valence electrons. The fourth-order valence-corrected chi connectivity index (χ4v) is 2.19. The minimum atomic E-state index is -0.0862.